The minimum atomic E-state index is -0.255. The van der Waals surface area contributed by atoms with Gasteiger partial charge in [-0.05, 0) is 75.4 Å². The Morgan fingerprint density at radius 1 is 1.00 bits per heavy atom. The maximum atomic E-state index is 12.9. The van der Waals surface area contributed by atoms with E-state index in [1.165, 1.54) is 5.56 Å². The molecule has 0 spiro atoms. The number of aromatic nitrogens is 2. The maximum absolute atomic E-state index is 12.9. The van der Waals surface area contributed by atoms with Crippen LogP contribution in [0.25, 0.3) is 0 Å². The fourth-order valence-electron chi connectivity index (χ4n) is 3.36. The number of hydrogen-bond acceptors (Lipinski definition) is 3. The Balaban J connectivity index is 1.40. The van der Waals surface area contributed by atoms with Crippen molar-refractivity contribution in [1.82, 2.24) is 9.78 Å². The van der Waals surface area contributed by atoms with Gasteiger partial charge in [0, 0.05) is 11.8 Å². The van der Waals surface area contributed by atoms with Crippen LogP contribution >= 0.6 is 39.1 Å². The smallest absolute Gasteiger partial charge is 0.256 e. The van der Waals surface area contributed by atoms with Crippen molar-refractivity contribution in [3.05, 3.63) is 110 Å². The van der Waals surface area contributed by atoms with E-state index in [1.807, 2.05) is 36.4 Å². The first-order chi connectivity index (χ1) is 16.4. The molecular formula is C26H22BrCl2N3O2. The van der Waals surface area contributed by atoms with Gasteiger partial charge < -0.3 is 10.1 Å². The van der Waals surface area contributed by atoms with Crippen LogP contribution < -0.4 is 10.1 Å². The number of anilines is 1. The third-order valence-corrected chi connectivity index (χ3v) is 6.52. The average Bonchev–Trinajstić information content (AvgIpc) is 3.18. The van der Waals surface area contributed by atoms with Crippen LogP contribution in [0.3, 0.4) is 0 Å². The second-order valence-corrected chi connectivity index (χ2v) is 9.38. The lowest BCUT2D eigenvalue weighted by molar-refractivity contribution is 0.102. The molecule has 1 heterocycles. The van der Waals surface area contributed by atoms with Crippen molar-refractivity contribution in [3.8, 4) is 5.75 Å². The topological polar surface area (TPSA) is 56.1 Å². The second kappa shape index (κ2) is 11.1. The molecule has 3 aromatic carbocycles. The van der Waals surface area contributed by atoms with Crippen LogP contribution in [0.2, 0.25) is 10.0 Å². The van der Waals surface area contributed by atoms with E-state index in [0.29, 0.717) is 39.1 Å². The molecule has 0 radical (unpaired) electrons. The lowest BCUT2D eigenvalue weighted by atomic mass is 10.1. The third kappa shape index (κ3) is 6.20. The Morgan fingerprint density at radius 3 is 2.50 bits per heavy atom. The largest absolute Gasteiger partial charge is 0.489 e. The molecule has 34 heavy (non-hydrogen) atoms. The number of rotatable bonds is 8. The van der Waals surface area contributed by atoms with E-state index in [2.05, 4.69) is 45.4 Å². The van der Waals surface area contributed by atoms with Crippen LogP contribution in [-0.4, -0.2) is 15.7 Å². The first kappa shape index (κ1) is 24.3. The number of ether oxygens (including phenoxy) is 1. The standard InChI is InChI=1S/C26H22BrCl2N3O2/c1-2-17-6-9-21(10-7-17)34-16-19-4-3-5-20(12-19)26(33)30-25-22(27)15-32(31-25)14-18-8-11-23(28)24(29)13-18/h3-13,15H,2,14,16H2,1H3,(H,30,31,33). The Kier molecular flexibility index (Phi) is 7.93. The minimum absolute atomic E-state index is 0.255. The number of nitrogens with one attached hydrogen (secondary N) is 1. The normalized spacial score (nSPS) is 10.8. The first-order valence-corrected chi connectivity index (χ1v) is 12.2. The maximum Gasteiger partial charge on any atom is 0.256 e. The van der Waals surface area contributed by atoms with Crippen molar-refractivity contribution in [3.63, 3.8) is 0 Å². The molecule has 0 unspecified atom stereocenters. The Bertz CT molecular complexity index is 1310. The molecule has 1 N–H and O–H groups in total. The van der Waals surface area contributed by atoms with Crippen LogP contribution in [0.5, 0.6) is 5.75 Å². The molecule has 1 amide bonds. The number of nitrogens with zero attached hydrogens (tertiary/aromatic N) is 2. The number of carbonyl (C=O) groups excluding carboxylic acids is 1. The molecule has 0 bridgehead atoms. The van der Waals surface area contributed by atoms with Crippen molar-refractivity contribution in [2.24, 2.45) is 0 Å². The van der Waals surface area contributed by atoms with E-state index in [-0.39, 0.29) is 5.91 Å². The van der Waals surface area contributed by atoms with Crippen LogP contribution in [0.4, 0.5) is 5.82 Å². The van der Waals surface area contributed by atoms with E-state index in [9.17, 15) is 4.79 Å². The first-order valence-electron chi connectivity index (χ1n) is 10.7. The lowest BCUT2D eigenvalue weighted by Crippen LogP contribution is -2.13. The van der Waals surface area contributed by atoms with E-state index in [0.717, 1.165) is 23.3 Å². The van der Waals surface area contributed by atoms with Gasteiger partial charge in [-0.25, -0.2) is 0 Å². The highest BCUT2D eigenvalue weighted by atomic mass is 79.9. The highest BCUT2D eigenvalue weighted by Gasteiger charge is 2.13. The number of amides is 1. The van der Waals surface area contributed by atoms with Crippen molar-refractivity contribution in [1.29, 1.82) is 0 Å². The summed E-state index contributed by atoms with van der Waals surface area (Å²) in [4.78, 5) is 12.9. The summed E-state index contributed by atoms with van der Waals surface area (Å²) in [6.45, 7) is 2.97. The summed E-state index contributed by atoms with van der Waals surface area (Å²) in [5, 5.41) is 8.32. The van der Waals surface area contributed by atoms with Crippen LogP contribution in [-0.2, 0) is 19.6 Å². The second-order valence-electron chi connectivity index (χ2n) is 7.71. The van der Waals surface area contributed by atoms with Crippen molar-refractivity contribution >= 4 is 50.9 Å². The summed E-state index contributed by atoms with van der Waals surface area (Å²) in [5.74, 6) is 0.973. The van der Waals surface area contributed by atoms with E-state index < -0.39 is 0 Å². The molecule has 174 valence electrons. The summed E-state index contributed by atoms with van der Waals surface area (Å²) in [6.07, 6.45) is 2.79. The number of hydrogen-bond donors (Lipinski definition) is 1. The van der Waals surface area contributed by atoms with Crippen LogP contribution in [0, 0.1) is 0 Å². The SMILES string of the molecule is CCc1ccc(OCc2cccc(C(=O)Nc3nn(Cc4ccc(Cl)c(Cl)c4)cc3Br)c2)cc1. The van der Waals surface area contributed by atoms with Gasteiger partial charge >= 0.3 is 0 Å². The fraction of sp³-hybridized carbons (Fsp3) is 0.154. The highest BCUT2D eigenvalue weighted by Crippen LogP contribution is 2.25. The van der Waals surface area contributed by atoms with Crippen molar-refractivity contribution in [2.45, 2.75) is 26.5 Å². The van der Waals surface area contributed by atoms with Gasteiger partial charge in [0.15, 0.2) is 5.82 Å². The predicted molar refractivity (Wildman–Crippen MR) is 140 cm³/mol. The van der Waals surface area contributed by atoms with E-state index in [1.54, 1.807) is 29.1 Å². The monoisotopic (exact) mass is 557 g/mol. The average molecular weight is 559 g/mol. The number of carbonyl (C=O) groups is 1. The van der Waals surface area contributed by atoms with Crippen LogP contribution in [0.1, 0.15) is 34.0 Å². The fourth-order valence-corrected chi connectivity index (χ4v) is 4.09. The molecule has 4 aromatic rings. The Hall–Kier alpha value is -2.80. The molecule has 0 saturated heterocycles. The summed E-state index contributed by atoms with van der Waals surface area (Å²) in [7, 11) is 0. The zero-order valence-corrected chi connectivity index (χ0v) is 21.5. The molecule has 0 fully saturated rings. The third-order valence-electron chi connectivity index (χ3n) is 5.20. The number of benzene rings is 3. The van der Waals surface area contributed by atoms with Gasteiger partial charge in [-0.1, -0.05) is 60.5 Å². The van der Waals surface area contributed by atoms with Gasteiger partial charge in [-0.3, -0.25) is 9.48 Å². The van der Waals surface area contributed by atoms with Gasteiger partial charge in [0.1, 0.15) is 12.4 Å². The van der Waals surface area contributed by atoms with Gasteiger partial charge in [-0.15, -0.1) is 0 Å². The molecule has 0 saturated carbocycles. The quantitative estimate of drug-likeness (QED) is 0.245. The molecule has 0 aliphatic heterocycles. The number of halogens is 3. The highest BCUT2D eigenvalue weighted by molar-refractivity contribution is 9.10. The molecule has 0 aliphatic carbocycles. The van der Waals surface area contributed by atoms with Crippen molar-refractivity contribution in [2.75, 3.05) is 5.32 Å². The predicted octanol–water partition coefficient (Wildman–Crippen LogP) is 7.39. The van der Waals surface area contributed by atoms with E-state index >= 15 is 0 Å². The number of aryl methyl sites for hydroxylation is 1. The summed E-state index contributed by atoms with van der Waals surface area (Å²) in [6, 6.07) is 20.8. The van der Waals surface area contributed by atoms with Gasteiger partial charge in [0.2, 0.25) is 0 Å². The Morgan fingerprint density at radius 2 is 1.76 bits per heavy atom. The molecule has 0 aliphatic rings. The van der Waals surface area contributed by atoms with Crippen molar-refractivity contribution < 1.29 is 9.53 Å². The molecular weight excluding hydrogens is 537 g/mol. The van der Waals surface area contributed by atoms with Gasteiger partial charge in [0.25, 0.3) is 5.91 Å². The molecule has 4 rings (SSSR count). The molecule has 1 aromatic heterocycles. The zero-order valence-electron chi connectivity index (χ0n) is 18.4. The molecule has 8 heteroatoms. The van der Waals surface area contributed by atoms with Crippen LogP contribution in [0.15, 0.2) is 77.4 Å². The minimum Gasteiger partial charge on any atom is -0.489 e. The van der Waals surface area contributed by atoms with E-state index in [4.69, 9.17) is 27.9 Å². The van der Waals surface area contributed by atoms with Gasteiger partial charge in [0.05, 0.1) is 21.1 Å². The zero-order chi connectivity index (χ0) is 24.1. The Labute approximate surface area is 216 Å². The summed E-state index contributed by atoms with van der Waals surface area (Å²) in [5.41, 5.74) is 3.63. The molecule has 5 nitrogen and oxygen atoms in total. The molecule has 0 atom stereocenters. The van der Waals surface area contributed by atoms with Gasteiger partial charge in [-0.2, -0.15) is 5.10 Å². The lowest BCUT2D eigenvalue weighted by Gasteiger charge is -2.09. The summed E-state index contributed by atoms with van der Waals surface area (Å²) >= 11 is 15.6. The summed E-state index contributed by atoms with van der Waals surface area (Å²) < 4.78 is 8.26.